The van der Waals surface area contributed by atoms with Crippen LogP contribution in [0.2, 0.25) is 5.02 Å². The van der Waals surface area contributed by atoms with E-state index >= 15 is 0 Å². The normalized spacial score (nSPS) is 29.1. The van der Waals surface area contributed by atoms with Gasteiger partial charge in [-0.25, -0.2) is 19.2 Å². The van der Waals surface area contributed by atoms with Gasteiger partial charge in [0.1, 0.15) is 59.7 Å². The number of thioether (sulfide) groups is 1. The first kappa shape index (κ1) is 59.9. The molecule has 27 heteroatoms. The average Bonchev–Trinajstić information content (AvgIpc) is 4.09. The number of hydroxylamine groups is 2. The molecule has 25 nitrogen and oxygen atoms in total. The monoisotopic (exact) mass is 1120 g/mol. The number of epoxide rings is 1. The van der Waals surface area contributed by atoms with Crippen LogP contribution in [0.15, 0.2) is 48.1 Å². The molecule has 2 unspecified atom stereocenters. The van der Waals surface area contributed by atoms with Gasteiger partial charge in [-0.3, -0.25) is 29.3 Å². The first-order chi connectivity index (χ1) is 36.3. The van der Waals surface area contributed by atoms with E-state index in [0.29, 0.717) is 23.7 Å². The maximum atomic E-state index is 14.4. The number of anilines is 1. The van der Waals surface area contributed by atoms with Crippen LogP contribution < -0.4 is 20.3 Å². The fourth-order valence-corrected chi connectivity index (χ4v) is 9.78. The Balaban J connectivity index is 1.14. The van der Waals surface area contributed by atoms with Crippen molar-refractivity contribution in [3.8, 4) is 5.75 Å². The third kappa shape index (κ3) is 15.1. The van der Waals surface area contributed by atoms with Gasteiger partial charge in [0.15, 0.2) is 5.72 Å². The quantitative estimate of drug-likeness (QED) is 0.0725. The number of imide groups is 1. The lowest BCUT2D eigenvalue weighted by atomic mass is 9.83. The average molecular weight is 1120 g/mol. The summed E-state index contributed by atoms with van der Waals surface area (Å²) in [6.45, 7) is 6.10. The number of aliphatic hydroxyl groups excluding tert-OH is 1. The molecule has 5 heterocycles. The summed E-state index contributed by atoms with van der Waals surface area (Å²) in [6, 6.07) is 0.487. The second-order valence-electron chi connectivity index (χ2n) is 19.4. The van der Waals surface area contributed by atoms with Gasteiger partial charge in [0.2, 0.25) is 11.8 Å². The highest BCUT2D eigenvalue weighted by atomic mass is 35.5. The van der Waals surface area contributed by atoms with Gasteiger partial charge in [-0.05, 0) is 51.0 Å². The van der Waals surface area contributed by atoms with E-state index in [9.17, 15) is 53.4 Å². The van der Waals surface area contributed by atoms with Crippen molar-refractivity contribution in [2.45, 2.75) is 120 Å². The number of aliphatic hydroxyl groups is 2. The number of hydrogen-bond donors (Lipinski definition) is 4. The standard InChI is InChI=1S/C50H65ClN6O19S/c1-27-11-9-13-36(58)50(68)23-35(73-46(65)53-50)28(2)43-49(4,75-43)37(22-41(62)56(7)33-20-30(19-27)21-34(69-8)42(33)51)74-44(63)29(3)55(6)38(59)16-18-77-47(66)52-32(45(64)76-57-39(60)14-15-40(57)61)24-54(5)48(67)72-31-12-10-17-70-26-71-25-31/h9-13,20-21,28-29,31-32,35-37,43,58,68H,14-19,22-26H2,1-8H3,(H,52,66)(H,53,65)/b12-10+,13-9+,27-11+/t28-,29+,31?,32?,35+,36-,37+,43+,49+,50+/m1/s1. The molecule has 422 valence electrons. The van der Waals surface area contributed by atoms with Crippen molar-refractivity contribution in [2.24, 2.45) is 5.92 Å². The third-order valence-corrected chi connectivity index (χ3v) is 14.8. The molecule has 4 bridgehead atoms. The second-order valence-corrected chi connectivity index (χ2v) is 20.8. The SMILES string of the molecule is COc1cc2cc(c1Cl)N(C)C(=O)C[C@H](OC(=O)[C@H](C)N(C)C(=O)CCSC(=O)NC(CN(C)C(=O)OC1/C=C/COCOC1)C(=O)ON1C(=O)CCC1=O)[C@]1(C)O[C@H]1[C@H](C)[C@@H]1C[C@@](O)(NC(=O)O1)[C@H](O)/C=C/C=C(\C)C2. The fourth-order valence-electron chi connectivity index (χ4n) is 8.78. The zero-order chi connectivity index (χ0) is 56.5. The summed E-state index contributed by atoms with van der Waals surface area (Å²) in [5.41, 5.74) is -1.78. The highest BCUT2D eigenvalue weighted by molar-refractivity contribution is 8.13. The molecule has 0 saturated carbocycles. The van der Waals surface area contributed by atoms with E-state index in [2.05, 4.69) is 10.6 Å². The van der Waals surface area contributed by atoms with Gasteiger partial charge < -0.3 is 68.2 Å². The fraction of sp³-hybridized carbons (Fsp3) is 0.580. The minimum atomic E-state index is -2.15. The third-order valence-electron chi connectivity index (χ3n) is 13.6. The Hall–Kier alpha value is -6.29. The molecule has 4 N–H and O–H groups in total. The number of allylic oxidation sites excluding steroid dienone is 3. The first-order valence-electron chi connectivity index (χ1n) is 24.6. The van der Waals surface area contributed by atoms with Gasteiger partial charge in [-0.2, -0.15) is 0 Å². The molecule has 1 aromatic carbocycles. The summed E-state index contributed by atoms with van der Waals surface area (Å²) in [7, 11) is 5.51. The predicted octanol–water partition coefficient (Wildman–Crippen LogP) is 2.67. The van der Waals surface area contributed by atoms with Crippen LogP contribution in [0, 0.1) is 5.92 Å². The lowest BCUT2D eigenvalue weighted by Gasteiger charge is -2.41. The van der Waals surface area contributed by atoms with Crippen molar-refractivity contribution in [3.05, 3.63) is 58.7 Å². The molecule has 3 fully saturated rings. The van der Waals surface area contributed by atoms with Gasteiger partial charge >= 0.3 is 24.1 Å². The number of alkyl carbamates (subject to hydrolysis) is 1. The van der Waals surface area contributed by atoms with Crippen molar-refractivity contribution in [1.82, 2.24) is 25.5 Å². The molecule has 5 aliphatic rings. The summed E-state index contributed by atoms with van der Waals surface area (Å²) >= 11 is 7.35. The number of nitrogens with zero attached hydrogens (tertiary/aromatic N) is 4. The van der Waals surface area contributed by atoms with Gasteiger partial charge in [0.25, 0.3) is 17.1 Å². The molecule has 77 heavy (non-hydrogen) atoms. The van der Waals surface area contributed by atoms with Crippen molar-refractivity contribution < 1.29 is 91.4 Å². The van der Waals surface area contributed by atoms with Crippen LogP contribution in [0.5, 0.6) is 5.75 Å². The van der Waals surface area contributed by atoms with E-state index in [1.807, 2.05) is 6.92 Å². The molecule has 3 saturated heterocycles. The Morgan fingerprint density at radius 2 is 1.75 bits per heavy atom. The molecule has 0 aliphatic carbocycles. The molecule has 0 radical (unpaired) electrons. The van der Waals surface area contributed by atoms with E-state index in [4.69, 9.17) is 49.6 Å². The van der Waals surface area contributed by atoms with Crippen molar-refractivity contribution in [3.63, 3.8) is 0 Å². The maximum absolute atomic E-state index is 14.4. The van der Waals surface area contributed by atoms with Crippen molar-refractivity contribution >= 4 is 82.0 Å². The molecule has 0 aromatic heterocycles. The van der Waals surface area contributed by atoms with Crippen LogP contribution >= 0.6 is 23.4 Å². The van der Waals surface area contributed by atoms with E-state index in [-0.39, 0.29) is 73.0 Å². The number of amides is 7. The summed E-state index contributed by atoms with van der Waals surface area (Å²) in [5, 5.41) is 26.9. The minimum Gasteiger partial charge on any atom is -0.495 e. The number of ether oxygens (including phenoxy) is 7. The highest BCUT2D eigenvalue weighted by Gasteiger charge is 2.64. The van der Waals surface area contributed by atoms with Gasteiger partial charge in [0.05, 0.1) is 45.1 Å². The van der Waals surface area contributed by atoms with Crippen molar-refractivity contribution in [1.29, 1.82) is 0 Å². The van der Waals surface area contributed by atoms with Gasteiger partial charge in [0, 0.05) is 58.5 Å². The zero-order valence-corrected chi connectivity index (χ0v) is 45.4. The lowest BCUT2D eigenvalue weighted by molar-refractivity contribution is -0.199. The Labute approximate surface area is 453 Å². The Morgan fingerprint density at radius 1 is 1.04 bits per heavy atom. The van der Waals surface area contributed by atoms with E-state index in [1.54, 1.807) is 50.3 Å². The number of fused-ring (bicyclic) bond motifs is 5. The molecule has 10 atom stereocenters. The van der Waals surface area contributed by atoms with E-state index in [1.165, 1.54) is 46.2 Å². The smallest absolute Gasteiger partial charge is 0.410 e. The second kappa shape index (κ2) is 25.9. The predicted molar refractivity (Wildman–Crippen MR) is 272 cm³/mol. The number of nitrogens with one attached hydrogen (secondary N) is 2. The molecule has 5 aliphatic heterocycles. The van der Waals surface area contributed by atoms with Crippen LogP contribution in [-0.4, -0.2) is 193 Å². The van der Waals surface area contributed by atoms with E-state index < -0.39 is 126 Å². The topological polar surface area (TPSA) is 308 Å². The number of benzene rings is 1. The molecule has 6 rings (SSSR count). The van der Waals surface area contributed by atoms with Gasteiger partial charge in [-0.1, -0.05) is 60.2 Å². The first-order valence-corrected chi connectivity index (χ1v) is 26.0. The molecule has 7 amide bonds. The van der Waals surface area contributed by atoms with Crippen molar-refractivity contribution in [2.75, 3.05) is 65.5 Å². The minimum absolute atomic E-state index is 0.0317. The van der Waals surface area contributed by atoms with Crippen LogP contribution in [-0.2, 0) is 68.4 Å². The van der Waals surface area contributed by atoms with E-state index in [0.717, 1.165) is 15.4 Å². The summed E-state index contributed by atoms with van der Waals surface area (Å²) in [5.74, 6) is -5.57. The van der Waals surface area contributed by atoms with Crippen LogP contribution in [0.3, 0.4) is 0 Å². The summed E-state index contributed by atoms with van der Waals surface area (Å²) < 4.78 is 39.3. The van der Waals surface area contributed by atoms with Crippen LogP contribution in [0.25, 0.3) is 0 Å². The maximum Gasteiger partial charge on any atom is 0.410 e. The Kier molecular flexibility index (Phi) is 20.2. The van der Waals surface area contributed by atoms with Crippen LogP contribution in [0.1, 0.15) is 65.4 Å². The number of carbonyl (C=O) groups excluding carboxylic acids is 9. The summed E-state index contributed by atoms with van der Waals surface area (Å²) in [4.78, 5) is 127. The molecule has 1 aromatic rings. The largest absolute Gasteiger partial charge is 0.495 e. The number of carbonyl (C=O) groups is 9. The number of rotatable bonds is 13. The Bertz CT molecular complexity index is 2530. The molecular weight excluding hydrogens is 1060 g/mol. The number of likely N-dealkylation sites (N-methyl/N-ethyl adjacent to an activating group) is 2. The number of methoxy groups -OCH3 is 1. The number of halogens is 1. The van der Waals surface area contributed by atoms with Gasteiger partial charge in [-0.15, -0.1) is 5.06 Å². The van der Waals surface area contributed by atoms with Crippen LogP contribution in [0.4, 0.5) is 20.1 Å². The lowest BCUT2D eigenvalue weighted by Crippen LogP contribution is -2.63. The molecular formula is C50H65ClN6O19S. The number of hydrogen-bond acceptors (Lipinski definition) is 20. The highest BCUT2D eigenvalue weighted by Crippen LogP contribution is 2.49. The summed E-state index contributed by atoms with van der Waals surface area (Å²) in [6.07, 6.45) is -0.899. The zero-order valence-electron chi connectivity index (χ0n) is 43.8. The molecule has 0 spiro atoms. The number of esters is 1. The Morgan fingerprint density at radius 3 is 2.45 bits per heavy atom.